The molecule has 0 bridgehead atoms. The van der Waals surface area contributed by atoms with Crippen molar-refractivity contribution in [2.24, 2.45) is 0 Å². The molecule has 12 heteroatoms. The quantitative estimate of drug-likeness (QED) is 0.351. The van der Waals surface area contributed by atoms with Crippen LogP contribution in [0.4, 0.5) is 4.39 Å². The molecule has 1 aliphatic rings. The van der Waals surface area contributed by atoms with Gasteiger partial charge in [0.25, 0.3) is 17.6 Å². The molecule has 1 aliphatic heterocycles. The zero-order chi connectivity index (χ0) is 22.9. The number of tetrazole rings is 1. The number of aromatic amines is 2. The Morgan fingerprint density at radius 2 is 1.73 bits per heavy atom. The summed E-state index contributed by atoms with van der Waals surface area (Å²) in [5.41, 5.74) is 0.835. The Hall–Kier alpha value is -4.48. The maximum atomic E-state index is 14.6. The molecule has 166 valence electrons. The number of ketones is 1. The Kier molecular flexibility index (Phi) is 5.09. The van der Waals surface area contributed by atoms with Gasteiger partial charge in [-0.3, -0.25) is 14.4 Å². The Bertz CT molecular complexity index is 1340. The summed E-state index contributed by atoms with van der Waals surface area (Å²) in [6.07, 6.45) is 2.21. The molecule has 0 aliphatic carbocycles. The number of Topliss-reactive ketones (excluding diaryl/α,β-unsaturated/α-hetero) is 1. The highest BCUT2D eigenvalue weighted by Gasteiger charge is 2.31. The minimum Gasteiger partial charge on any atom is -0.358 e. The van der Waals surface area contributed by atoms with Gasteiger partial charge in [0.05, 0.1) is 22.7 Å². The minimum atomic E-state index is -0.853. The number of rotatable bonds is 4. The number of hydrogen-bond donors (Lipinski definition) is 2. The number of carbonyl (C=O) groups excluding carboxylic acids is 3. The Balaban J connectivity index is 1.34. The van der Waals surface area contributed by atoms with Crippen molar-refractivity contribution >= 4 is 28.5 Å². The third kappa shape index (κ3) is 3.60. The maximum absolute atomic E-state index is 14.6. The van der Waals surface area contributed by atoms with Crippen LogP contribution in [0.3, 0.4) is 0 Å². The first-order valence-corrected chi connectivity index (χ1v) is 10.1. The molecule has 4 aromatic rings. The van der Waals surface area contributed by atoms with Gasteiger partial charge in [-0.25, -0.2) is 9.37 Å². The van der Waals surface area contributed by atoms with Gasteiger partial charge < -0.3 is 14.8 Å². The third-order valence-electron chi connectivity index (χ3n) is 5.53. The van der Waals surface area contributed by atoms with E-state index in [2.05, 4.69) is 30.6 Å². The standard InChI is InChI=1S/C21H17FN8O3/c22-14-11-24-17(19-25-27-28-26-19)16-15(14)13(10-23-16)18(31)21(33)30-8-6-29(7-9-30)20(32)12-4-2-1-3-5-12/h1-5,10-11,23H,6-9H2,(H,25,26,27,28). The van der Waals surface area contributed by atoms with Crippen LogP contribution in [-0.2, 0) is 4.79 Å². The van der Waals surface area contributed by atoms with Crippen LogP contribution >= 0.6 is 0 Å². The first kappa shape index (κ1) is 20.4. The largest absolute Gasteiger partial charge is 0.358 e. The highest BCUT2D eigenvalue weighted by atomic mass is 19.1. The molecule has 2 amide bonds. The van der Waals surface area contributed by atoms with E-state index in [0.29, 0.717) is 18.7 Å². The number of piperazine rings is 1. The summed E-state index contributed by atoms with van der Waals surface area (Å²) in [5.74, 6) is -2.39. The number of aromatic nitrogens is 6. The Morgan fingerprint density at radius 3 is 2.42 bits per heavy atom. The van der Waals surface area contributed by atoms with Crippen molar-refractivity contribution in [3.8, 4) is 11.5 Å². The second-order valence-electron chi connectivity index (χ2n) is 7.42. The van der Waals surface area contributed by atoms with Crippen LogP contribution in [0, 0.1) is 5.82 Å². The van der Waals surface area contributed by atoms with Crippen LogP contribution in [-0.4, -0.2) is 84.2 Å². The molecular weight excluding hydrogens is 431 g/mol. The molecular formula is C21H17FN8O3. The first-order chi connectivity index (χ1) is 16.0. The highest BCUT2D eigenvalue weighted by molar-refractivity contribution is 6.45. The van der Waals surface area contributed by atoms with Gasteiger partial charge in [-0.2, -0.15) is 5.21 Å². The van der Waals surface area contributed by atoms with Gasteiger partial charge in [-0.15, -0.1) is 10.2 Å². The van der Waals surface area contributed by atoms with Crippen LogP contribution in [0.2, 0.25) is 0 Å². The predicted octanol–water partition coefficient (Wildman–Crippen LogP) is 1.05. The molecule has 3 aromatic heterocycles. The van der Waals surface area contributed by atoms with E-state index in [9.17, 15) is 18.8 Å². The van der Waals surface area contributed by atoms with Crippen molar-refractivity contribution in [3.05, 3.63) is 59.7 Å². The van der Waals surface area contributed by atoms with Crippen molar-refractivity contribution < 1.29 is 18.8 Å². The first-order valence-electron chi connectivity index (χ1n) is 10.1. The van der Waals surface area contributed by atoms with Crippen molar-refractivity contribution in [1.29, 1.82) is 0 Å². The van der Waals surface area contributed by atoms with Crippen molar-refractivity contribution in [3.63, 3.8) is 0 Å². The lowest BCUT2D eigenvalue weighted by Crippen LogP contribution is -2.52. The summed E-state index contributed by atoms with van der Waals surface area (Å²) in [4.78, 5) is 48.2. The average molecular weight is 448 g/mol. The van der Waals surface area contributed by atoms with Crippen LogP contribution in [0.5, 0.6) is 0 Å². The second kappa shape index (κ2) is 8.22. The molecule has 0 radical (unpaired) electrons. The topological polar surface area (TPSA) is 141 Å². The number of amides is 2. The number of carbonyl (C=O) groups is 3. The summed E-state index contributed by atoms with van der Waals surface area (Å²) in [7, 11) is 0. The summed E-state index contributed by atoms with van der Waals surface area (Å²) >= 11 is 0. The zero-order valence-corrected chi connectivity index (χ0v) is 17.2. The highest BCUT2D eigenvalue weighted by Crippen LogP contribution is 2.28. The average Bonchev–Trinajstić information content (AvgIpc) is 3.55. The molecule has 0 atom stereocenters. The molecule has 4 heterocycles. The van der Waals surface area contributed by atoms with E-state index in [1.165, 1.54) is 11.1 Å². The Labute approximate surface area is 185 Å². The Morgan fingerprint density at radius 1 is 1.00 bits per heavy atom. The lowest BCUT2D eigenvalue weighted by molar-refractivity contribution is -0.127. The van der Waals surface area contributed by atoms with Gasteiger partial charge in [-0.1, -0.05) is 18.2 Å². The monoisotopic (exact) mass is 448 g/mol. The van der Waals surface area contributed by atoms with Crippen molar-refractivity contribution in [2.75, 3.05) is 26.2 Å². The number of nitrogens with one attached hydrogen (secondary N) is 2. The SMILES string of the molecule is O=C(C(=O)N1CCN(C(=O)c2ccccc2)CC1)c1c[nH]c2c(-c3nn[nH]n3)ncc(F)c12. The number of benzene rings is 1. The molecule has 1 saturated heterocycles. The molecule has 0 spiro atoms. The summed E-state index contributed by atoms with van der Waals surface area (Å²) < 4.78 is 14.6. The molecule has 33 heavy (non-hydrogen) atoms. The number of H-pyrrole nitrogens is 2. The zero-order valence-electron chi connectivity index (χ0n) is 17.2. The molecule has 11 nitrogen and oxygen atoms in total. The maximum Gasteiger partial charge on any atom is 0.295 e. The van der Waals surface area contributed by atoms with Gasteiger partial charge in [0.1, 0.15) is 5.69 Å². The molecule has 0 saturated carbocycles. The van der Waals surface area contributed by atoms with E-state index in [-0.39, 0.29) is 47.0 Å². The molecule has 2 N–H and O–H groups in total. The van der Waals surface area contributed by atoms with E-state index >= 15 is 0 Å². The van der Waals surface area contributed by atoms with Crippen LogP contribution in [0.25, 0.3) is 22.4 Å². The summed E-state index contributed by atoms with van der Waals surface area (Å²) in [6, 6.07) is 8.85. The minimum absolute atomic E-state index is 0.0685. The van der Waals surface area contributed by atoms with E-state index in [4.69, 9.17) is 0 Å². The molecule has 1 aromatic carbocycles. The van der Waals surface area contributed by atoms with Gasteiger partial charge >= 0.3 is 0 Å². The van der Waals surface area contributed by atoms with E-state index in [1.807, 2.05) is 6.07 Å². The van der Waals surface area contributed by atoms with Gasteiger partial charge in [-0.05, 0) is 17.3 Å². The van der Waals surface area contributed by atoms with Gasteiger partial charge in [0.15, 0.2) is 5.82 Å². The fourth-order valence-electron chi connectivity index (χ4n) is 3.85. The second-order valence-corrected chi connectivity index (χ2v) is 7.42. The fourth-order valence-corrected chi connectivity index (χ4v) is 3.85. The van der Waals surface area contributed by atoms with Crippen molar-refractivity contribution in [2.45, 2.75) is 0 Å². The van der Waals surface area contributed by atoms with E-state index < -0.39 is 17.5 Å². The smallest absolute Gasteiger partial charge is 0.295 e. The number of halogens is 1. The van der Waals surface area contributed by atoms with Crippen LogP contribution in [0.1, 0.15) is 20.7 Å². The fraction of sp³-hybridized carbons (Fsp3) is 0.190. The summed E-state index contributed by atoms with van der Waals surface area (Å²) in [5, 5.41) is 13.3. The normalized spacial score (nSPS) is 14.0. The molecule has 1 fully saturated rings. The number of fused-ring (bicyclic) bond motifs is 1. The van der Waals surface area contributed by atoms with E-state index in [0.717, 1.165) is 6.20 Å². The third-order valence-corrected chi connectivity index (χ3v) is 5.53. The predicted molar refractivity (Wildman–Crippen MR) is 112 cm³/mol. The lowest BCUT2D eigenvalue weighted by atomic mass is 10.1. The number of hydrogen-bond acceptors (Lipinski definition) is 7. The molecule has 0 unspecified atom stereocenters. The van der Waals surface area contributed by atoms with Crippen molar-refractivity contribution in [1.82, 2.24) is 40.4 Å². The van der Waals surface area contributed by atoms with Crippen LogP contribution < -0.4 is 0 Å². The van der Waals surface area contributed by atoms with Crippen LogP contribution in [0.15, 0.2) is 42.7 Å². The summed E-state index contributed by atoms with van der Waals surface area (Å²) in [6.45, 7) is 0.981. The number of nitrogens with zero attached hydrogens (tertiary/aromatic N) is 6. The number of pyridine rings is 1. The van der Waals surface area contributed by atoms with Gasteiger partial charge in [0.2, 0.25) is 5.82 Å². The lowest BCUT2D eigenvalue weighted by Gasteiger charge is -2.34. The molecule has 5 rings (SSSR count). The van der Waals surface area contributed by atoms with E-state index in [1.54, 1.807) is 29.2 Å². The van der Waals surface area contributed by atoms with Gasteiger partial charge in [0, 0.05) is 37.9 Å².